The Hall–Kier alpha value is -2.58. The Labute approximate surface area is 167 Å². The van der Waals surface area contributed by atoms with Crippen LogP contribution in [0.3, 0.4) is 0 Å². The molecule has 0 fully saturated rings. The zero-order valence-electron chi connectivity index (χ0n) is 14.7. The number of benzene rings is 1. The van der Waals surface area contributed by atoms with E-state index in [1.165, 1.54) is 24.5 Å². The third-order valence-corrected chi connectivity index (χ3v) is 5.28. The summed E-state index contributed by atoms with van der Waals surface area (Å²) in [6, 6.07) is 3.98. The summed E-state index contributed by atoms with van der Waals surface area (Å²) in [5, 5.41) is 19.5. The van der Waals surface area contributed by atoms with Gasteiger partial charge in [-0.2, -0.15) is 0 Å². The van der Waals surface area contributed by atoms with Crippen LogP contribution in [0.2, 0.25) is 0 Å². The van der Waals surface area contributed by atoms with Crippen LogP contribution in [0.25, 0.3) is 0 Å². The Morgan fingerprint density at radius 1 is 1.46 bits per heavy atom. The van der Waals surface area contributed by atoms with Gasteiger partial charge in [-0.1, -0.05) is 0 Å². The second-order valence-corrected chi connectivity index (χ2v) is 8.65. The zero-order chi connectivity index (χ0) is 20.7. The molecular formula is C14H16BrFN6O5S. The number of ether oxygens (including phenoxy) is 1. The molecule has 152 valence electrons. The Balaban J connectivity index is 2.16. The van der Waals surface area contributed by atoms with E-state index in [1.807, 2.05) is 5.48 Å². The van der Waals surface area contributed by atoms with Crippen molar-refractivity contribution in [3.63, 3.8) is 0 Å². The van der Waals surface area contributed by atoms with Gasteiger partial charge in [0.15, 0.2) is 11.5 Å². The van der Waals surface area contributed by atoms with Gasteiger partial charge in [0.25, 0.3) is 0 Å². The summed E-state index contributed by atoms with van der Waals surface area (Å²) < 4.78 is 38.1. The number of hydrogen-bond acceptors (Lipinski definition) is 9. The lowest BCUT2D eigenvalue weighted by molar-refractivity contribution is 0.183. The summed E-state index contributed by atoms with van der Waals surface area (Å²) >= 11 is 3.04. The maximum Gasteiger partial charge on any atom is 0.441 e. The van der Waals surface area contributed by atoms with Crippen molar-refractivity contribution in [1.29, 1.82) is 0 Å². The molecular weight excluding hydrogens is 463 g/mol. The standard InChI is InChI=1S/C14H16BrFN6O5S/c1-26-14(23)22-28(2,25)6-5-17-12-11(20-27-21-12)13(19-24)18-8-3-4-10(16)9(15)7-8/h3-4,7,24H,5-6H2,1-2H3,(H,17,21)(H,18,19). The van der Waals surface area contributed by atoms with Gasteiger partial charge >= 0.3 is 6.09 Å². The fourth-order valence-electron chi connectivity index (χ4n) is 1.87. The molecule has 3 N–H and O–H groups in total. The van der Waals surface area contributed by atoms with Crippen LogP contribution in [-0.4, -0.2) is 57.3 Å². The smallest absolute Gasteiger partial charge is 0.441 e. The first kappa shape index (κ1) is 21.7. The maximum atomic E-state index is 13.3. The molecule has 1 atom stereocenters. The zero-order valence-corrected chi connectivity index (χ0v) is 17.1. The predicted octanol–water partition coefficient (Wildman–Crippen LogP) is 2.30. The Kier molecular flexibility index (Phi) is 7.42. The number of methoxy groups -OCH3 is 1. The number of carbonyl (C=O) groups excluding carboxylic acids is 1. The number of aliphatic imine (C=N–C) groups is 1. The second kappa shape index (κ2) is 9.57. The van der Waals surface area contributed by atoms with Gasteiger partial charge in [0.1, 0.15) is 5.82 Å². The summed E-state index contributed by atoms with van der Waals surface area (Å²) in [4.78, 5) is 15.2. The fraction of sp³-hybridized carbons (Fsp3) is 0.286. The van der Waals surface area contributed by atoms with Gasteiger partial charge in [-0.3, -0.25) is 10.7 Å². The van der Waals surface area contributed by atoms with Crippen LogP contribution in [0, 0.1) is 5.82 Å². The molecule has 0 aliphatic heterocycles. The number of anilines is 1. The molecule has 1 heterocycles. The van der Waals surface area contributed by atoms with E-state index in [4.69, 9.17) is 0 Å². The van der Waals surface area contributed by atoms with Crippen molar-refractivity contribution >= 4 is 49.1 Å². The van der Waals surface area contributed by atoms with Crippen molar-refractivity contribution in [2.45, 2.75) is 0 Å². The molecule has 0 saturated carbocycles. The first-order valence-electron chi connectivity index (χ1n) is 7.54. The van der Waals surface area contributed by atoms with E-state index < -0.39 is 21.6 Å². The van der Waals surface area contributed by atoms with Crippen molar-refractivity contribution in [2.75, 3.05) is 31.0 Å². The number of aromatic nitrogens is 2. The van der Waals surface area contributed by atoms with E-state index in [1.54, 1.807) is 0 Å². The van der Waals surface area contributed by atoms with Crippen molar-refractivity contribution in [3.8, 4) is 0 Å². The van der Waals surface area contributed by atoms with Gasteiger partial charge < -0.3 is 10.1 Å². The quantitative estimate of drug-likeness (QED) is 0.322. The van der Waals surface area contributed by atoms with Gasteiger partial charge in [-0.05, 0) is 44.4 Å². The van der Waals surface area contributed by atoms with Gasteiger partial charge in [0.05, 0.1) is 27.0 Å². The second-order valence-electron chi connectivity index (χ2n) is 5.28. The number of amidine groups is 1. The molecule has 1 aromatic carbocycles. The lowest BCUT2D eigenvalue weighted by Crippen LogP contribution is -2.23. The highest BCUT2D eigenvalue weighted by atomic mass is 79.9. The molecule has 2 aromatic rings. The Morgan fingerprint density at radius 2 is 2.21 bits per heavy atom. The maximum absolute atomic E-state index is 13.3. The topological polar surface area (TPSA) is 151 Å². The number of hydrogen-bond donors (Lipinski definition) is 3. The molecule has 14 heteroatoms. The third-order valence-electron chi connectivity index (χ3n) is 3.18. The predicted molar refractivity (Wildman–Crippen MR) is 102 cm³/mol. The summed E-state index contributed by atoms with van der Waals surface area (Å²) in [5.74, 6) is -0.504. The van der Waals surface area contributed by atoms with Gasteiger partial charge in [-0.25, -0.2) is 23.0 Å². The number of nitrogens with one attached hydrogen (secondary N) is 2. The molecule has 11 nitrogen and oxygen atoms in total. The van der Waals surface area contributed by atoms with E-state index in [2.05, 4.69) is 50.3 Å². The van der Waals surface area contributed by atoms with Crippen molar-refractivity contribution in [1.82, 2.24) is 15.8 Å². The van der Waals surface area contributed by atoms with Crippen molar-refractivity contribution in [2.24, 2.45) is 9.36 Å². The van der Waals surface area contributed by atoms with Crippen LogP contribution < -0.4 is 10.8 Å². The number of halogens is 2. The highest BCUT2D eigenvalue weighted by Gasteiger charge is 2.17. The van der Waals surface area contributed by atoms with Gasteiger partial charge in [0.2, 0.25) is 5.82 Å². The number of hydroxylamine groups is 1. The van der Waals surface area contributed by atoms with E-state index in [0.717, 1.165) is 7.11 Å². The molecule has 0 radical (unpaired) electrons. The summed E-state index contributed by atoms with van der Waals surface area (Å²) in [5.41, 5.74) is 2.21. The monoisotopic (exact) mass is 478 g/mol. The lowest BCUT2D eigenvalue weighted by Gasteiger charge is -2.07. The third kappa shape index (κ3) is 5.97. The number of carbonyl (C=O) groups is 1. The Bertz CT molecular complexity index is 1000. The van der Waals surface area contributed by atoms with Crippen LogP contribution in [0.5, 0.6) is 0 Å². The van der Waals surface area contributed by atoms with Crippen LogP contribution in [0.1, 0.15) is 5.69 Å². The summed E-state index contributed by atoms with van der Waals surface area (Å²) in [6.45, 7) is 0.0951. The number of nitrogens with zero attached hydrogens (tertiary/aromatic N) is 4. The minimum atomic E-state index is -2.82. The largest absolute Gasteiger partial charge is 0.451 e. The van der Waals surface area contributed by atoms with Gasteiger partial charge in [0, 0.05) is 18.6 Å². The first-order chi connectivity index (χ1) is 13.3. The molecule has 2 rings (SSSR count). The summed E-state index contributed by atoms with van der Waals surface area (Å²) in [6.07, 6.45) is 0.378. The molecule has 0 aliphatic carbocycles. The minimum Gasteiger partial charge on any atom is -0.451 e. The molecule has 0 bridgehead atoms. The van der Waals surface area contributed by atoms with Crippen LogP contribution in [-0.2, 0) is 14.5 Å². The van der Waals surface area contributed by atoms with E-state index in [9.17, 15) is 18.6 Å². The molecule has 0 spiro atoms. The molecule has 0 aliphatic rings. The number of rotatable bonds is 6. The molecule has 0 saturated heterocycles. The van der Waals surface area contributed by atoms with Gasteiger partial charge in [-0.15, -0.1) is 4.36 Å². The van der Waals surface area contributed by atoms with Crippen LogP contribution in [0.15, 0.2) is 36.7 Å². The Morgan fingerprint density at radius 3 is 2.86 bits per heavy atom. The van der Waals surface area contributed by atoms with E-state index in [0.29, 0.717) is 5.69 Å². The minimum absolute atomic E-state index is 0.00165. The first-order valence-corrected chi connectivity index (χ1v) is 10.4. The average Bonchev–Trinajstić information content (AvgIpc) is 3.10. The summed E-state index contributed by atoms with van der Waals surface area (Å²) in [7, 11) is -1.68. The van der Waals surface area contributed by atoms with E-state index >= 15 is 0 Å². The highest BCUT2D eigenvalue weighted by molar-refractivity contribution is 9.10. The van der Waals surface area contributed by atoms with Crippen molar-refractivity contribution in [3.05, 3.63) is 34.2 Å². The molecule has 1 amide bonds. The van der Waals surface area contributed by atoms with Crippen LogP contribution in [0.4, 0.5) is 20.7 Å². The highest BCUT2D eigenvalue weighted by Crippen LogP contribution is 2.23. The SMILES string of the molecule is COC(=O)N=S(C)(=O)CCNc1nonc1C(=Nc1ccc(F)c(Br)c1)NO. The number of amides is 1. The normalized spacial score (nSPS) is 13.5. The average molecular weight is 479 g/mol. The molecule has 1 unspecified atom stereocenters. The lowest BCUT2D eigenvalue weighted by atomic mass is 10.3. The molecule has 1 aromatic heterocycles. The molecule has 28 heavy (non-hydrogen) atoms. The van der Waals surface area contributed by atoms with Crippen molar-refractivity contribution < 1.29 is 28.0 Å². The van der Waals surface area contributed by atoms with Crippen LogP contribution >= 0.6 is 15.9 Å². The fourth-order valence-corrected chi connectivity index (χ4v) is 3.20. The van der Waals surface area contributed by atoms with E-state index in [-0.39, 0.29) is 34.1 Å².